The minimum atomic E-state index is -0.333. The summed E-state index contributed by atoms with van der Waals surface area (Å²) in [6.07, 6.45) is 0.384. The number of hydrogen-bond donors (Lipinski definition) is 1. The number of aliphatic hydroxyl groups is 1. The van der Waals surface area contributed by atoms with E-state index in [9.17, 15) is 5.11 Å². The first-order valence-electron chi connectivity index (χ1n) is 9.55. The van der Waals surface area contributed by atoms with Crippen LogP contribution in [0.15, 0.2) is 24.3 Å². The molecule has 0 saturated carbocycles. The van der Waals surface area contributed by atoms with Crippen molar-refractivity contribution in [2.24, 2.45) is 0 Å². The molecule has 2 heterocycles. The number of benzene rings is 1. The lowest BCUT2D eigenvalue weighted by Crippen LogP contribution is -2.34. The summed E-state index contributed by atoms with van der Waals surface area (Å²) in [5.41, 5.74) is 2.58. The molecule has 1 N–H and O–H groups in total. The van der Waals surface area contributed by atoms with Crippen LogP contribution < -0.4 is 0 Å². The van der Waals surface area contributed by atoms with E-state index in [2.05, 4.69) is 34.1 Å². The average Bonchev–Trinajstić information content (AvgIpc) is 3.49. The molecule has 3 atom stereocenters. The van der Waals surface area contributed by atoms with Gasteiger partial charge in [-0.3, -0.25) is 9.80 Å². The first kappa shape index (κ1) is 19.7. The second-order valence-corrected chi connectivity index (χ2v) is 7.50. The Kier molecular flexibility index (Phi) is 7.42. The molecule has 0 aromatic heterocycles. The van der Waals surface area contributed by atoms with E-state index in [-0.39, 0.29) is 6.10 Å². The van der Waals surface area contributed by atoms with Crippen LogP contribution in [0.1, 0.15) is 18.1 Å². The fourth-order valence-corrected chi connectivity index (χ4v) is 3.30. The lowest BCUT2D eigenvalue weighted by Gasteiger charge is -2.24. The monoisotopic (exact) mass is 364 g/mol. The van der Waals surface area contributed by atoms with Gasteiger partial charge in [-0.15, -0.1) is 0 Å². The van der Waals surface area contributed by atoms with Crippen LogP contribution >= 0.6 is 0 Å². The zero-order valence-corrected chi connectivity index (χ0v) is 16.0. The molecule has 0 radical (unpaired) electrons. The molecule has 1 aromatic rings. The summed E-state index contributed by atoms with van der Waals surface area (Å²) >= 11 is 0. The van der Waals surface area contributed by atoms with Crippen LogP contribution in [0.25, 0.3) is 0 Å². The molecule has 146 valence electrons. The van der Waals surface area contributed by atoms with Crippen molar-refractivity contribution in [2.45, 2.75) is 38.3 Å². The van der Waals surface area contributed by atoms with Crippen molar-refractivity contribution < 1.29 is 19.3 Å². The fourth-order valence-electron chi connectivity index (χ4n) is 3.30. The van der Waals surface area contributed by atoms with Gasteiger partial charge in [0.25, 0.3) is 0 Å². The van der Waals surface area contributed by atoms with Crippen LogP contribution in [0.2, 0.25) is 0 Å². The van der Waals surface area contributed by atoms with Gasteiger partial charge >= 0.3 is 0 Å². The zero-order chi connectivity index (χ0) is 18.4. The Morgan fingerprint density at radius 2 is 1.69 bits per heavy atom. The highest BCUT2D eigenvalue weighted by atomic mass is 16.6. The Hall–Kier alpha value is -1.02. The van der Waals surface area contributed by atoms with Crippen molar-refractivity contribution in [2.75, 3.05) is 53.1 Å². The SMILES string of the molecule is COCCN(Cc1cccc(CN(CC(C)O)CC2CO2)c1)CC1CO1. The second kappa shape index (κ2) is 9.78. The number of ether oxygens (including phenoxy) is 3. The molecule has 1 aromatic carbocycles. The van der Waals surface area contributed by atoms with Crippen LogP contribution in [0.5, 0.6) is 0 Å². The standard InChI is InChI=1S/C20H32N2O4/c1-16(23)9-22(13-20-15-26-20)11-18-5-3-4-17(8-18)10-21(6-7-24-2)12-19-14-25-19/h3-5,8,16,19-20,23H,6-7,9-15H2,1-2H3. The Bertz CT molecular complexity index is 542. The molecule has 3 rings (SSSR count). The molecule has 2 aliphatic heterocycles. The molecule has 6 heteroatoms. The summed E-state index contributed by atoms with van der Waals surface area (Å²) in [6.45, 7) is 9.45. The van der Waals surface area contributed by atoms with E-state index < -0.39 is 0 Å². The quantitative estimate of drug-likeness (QED) is 0.529. The second-order valence-electron chi connectivity index (χ2n) is 7.50. The van der Waals surface area contributed by atoms with E-state index in [0.717, 1.165) is 52.5 Å². The minimum absolute atomic E-state index is 0.333. The summed E-state index contributed by atoms with van der Waals surface area (Å²) in [7, 11) is 1.74. The molecule has 2 aliphatic rings. The molecule has 0 bridgehead atoms. The predicted molar refractivity (Wildman–Crippen MR) is 100 cm³/mol. The fraction of sp³-hybridized carbons (Fsp3) is 0.700. The van der Waals surface area contributed by atoms with E-state index >= 15 is 0 Å². The van der Waals surface area contributed by atoms with Gasteiger partial charge in [0.1, 0.15) is 0 Å². The first-order valence-corrected chi connectivity index (χ1v) is 9.55. The summed E-state index contributed by atoms with van der Waals surface area (Å²) in [4.78, 5) is 4.67. The zero-order valence-electron chi connectivity index (χ0n) is 16.0. The van der Waals surface area contributed by atoms with Crippen LogP contribution in [0.4, 0.5) is 0 Å². The highest BCUT2D eigenvalue weighted by Gasteiger charge is 2.27. The maximum Gasteiger partial charge on any atom is 0.0936 e. The van der Waals surface area contributed by atoms with Crippen molar-refractivity contribution in [3.63, 3.8) is 0 Å². The van der Waals surface area contributed by atoms with Crippen molar-refractivity contribution in [3.8, 4) is 0 Å². The van der Waals surface area contributed by atoms with E-state index in [0.29, 0.717) is 18.8 Å². The van der Waals surface area contributed by atoms with Gasteiger partial charge in [0.2, 0.25) is 0 Å². The first-order chi connectivity index (χ1) is 12.6. The van der Waals surface area contributed by atoms with Crippen molar-refractivity contribution in [1.29, 1.82) is 0 Å². The smallest absolute Gasteiger partial charge is 0.0936 e. The van der Waals surface area contributed by atoms with Crippen LogP contribution in [-0.4, -0.2) is 86.3 Å². The van der Waals surface area contributed by atoms with Crippen LogP contribution in [0, 0.1) is 0 Å². The molecule has 2 saturated heterocycles. The third-order valence-electron chi connectivity index (χ3n) is 4.67. The number of hydrogen-bond acceptors (Lipinski definition) is 6. The van der Waals surface area contributed by atoms with Crippen molar-refractivity contribution in [1.82, 2.24) is 9.80 Å². The lowest BCUT2D eigenvalue weighted by atomic mass is 10.1. The van der Waals surface area contributed by atoms with Crippen molar-refractivity contribution >= 4 is 0 Å². The molecule has 6 nitrogen and oxygen atoms in total. The molecule has 26 heavy (non-hydrogen) atoms. The topological polar surface area (TPSA) is 61.0 Å². The molecule has 0 amide bonds. The number of nitrogens with zero attached hydrogens (tertiary/aromatic N) is 2. The minimum Gasteiger partial charge on any atom is -0.392 e. The molecule has 0 spiro atoms. The third kappa shape index (κ3) is 7.31. The maximum atomic E-state index is 9.77. The molecular formula is C20H32N2O4. The van der Waals surface area contributed by atoms with Crippen molar-refractivity contribution in [3.05, 3.63) is 35.4 Å². The molecular weight excluding hydrogens is 332 g/mol. The normalized spacial score (nSPS) is 22.8. The molecule has 0 aliphatic carbocycles. The highest BCUT2D eigenvalue weighted by molar-refractivity contribution is 5.23. The third-order valence-corrected chi connectivity index (χ3v) is 4.67. The Morgan fingerprint density at radius 1 is 1.12 bits per heavy atom. The van der Waals surface area contributed by atoms with Gasteiger partial charge in [0, 0.05) is 46.4 Å². The van der Waals surface area contributed by atoms with E-state index in [1.807, 2.05) is 6.92 Å². The van der Waals surface area contributed by atoms with Gasteiger partial charge in [-0.2, -0.15) is 0 Å². The number of aliphatic hydroxyl groups excluding tert-OH is 1. The maximum absolute atomic E-state index is 9.77. The lowest BCUT2D eigenvalue weighted by molar-refractivity contribution is 0.117. The average molecular weight is 364 g/mol. The van der Waals surface area contributed by atoms with Gasteiger partial charge in [-0.05, 0) is 18.1 Å². The number of rotatable bonds is 13. The van der Waals surface area contributed by atoms with E-state index in [1.54, 1.807) is 7.11 Å². The van der Waals surface area contributed by atoms with Gasteiger partial charge in [-0.1, -0.05) is 24.3 Å². The van der Waals surface area contributed by atoms with Crippen LogP contribution in [0.3, 0.4) is 0 Å². The Balaban J connectivity index is 1.57. The van der Waals surface area contributed by atoms with Crippen LogP contribution in [-0.2, 0) is 27.3 Å². The molecule has 3 unspecified atom stereocenters. The predicted octanol–water partition coefficient (Wildman–Crippen LogP) is 1.12. The number of epoxide rings is 2. The summed E-state index contributed by atoms with van der Waals surface area (Å²) in [6, 6.07) is 8.74. The Labute approximate surface area is 156 Å². The highest BCUT2D eigenvalue weighted by Crippen LogP contribution is 2.17. The van der Waals surface area contributed by atoms with Gasteiger partial charge in [0.05, 0.1) is 38.1 Å². The summed E-state index contributed by atoms with van der Waals surface area (Å²) in [5, 5.41) is 9.77. The molecule has 2 fully saturated rings. The van der Waals surface area contributed by atoms with Gasteiger partial charge in [0.15, 0.2) is 0 Å². The van der Waals surface area contributed by atoms with Gasteiger partial charge in [-0.25, -0.2) is 0 Å². The summed E-state index contributed by atoms with van der Waals surface area (Å²) in [5.74, 6) is 0. The van der Waals surface area contributed by atoms with E-state index in [1.165, 1.54) is 11.1 Å². The van der Waals surface area contributed by atoms with Gasteiger partial charge < -0.3 is 19.3 Å². The summed E-state index contributed by atoms with van der Waals surface area (Å²) < 4.78 is 16.0. The van der Waals surface area contributed by atoms with E-state index in [4.69, 9.17) is 14.2 Å². The largest absolute Gasteiger partial charge is 0.392 e. The number of methoxy groups -OCH3 is 1. The Morgan fingerprint density at radius 3 is 2.23 bits per heavy atom.